The number of aromatic nitrogens is 2. The number of fused-ring (bicyclic) bond motifs is 2. The maximum absolute atomic E-state index is 13.9. The number of amides is 4. The Labute approximate surface area is 288 Å². The first kappa shape index (κ1) is 35.4. The Morgan fingerprint density at radius 3 is 1.68 bits per heavy atom. The van der Waals surface area contributed by atoms with Gasteiger partial charge in [-0.15, -0.1) is 0 Å². The predicted molar refractivity (Wildman–Crippen MR) is 189 cm³/mol. The van der Waals surface area contributed by atoms with Crippen molar-refractivity contribution < 1.29 is 29.1 Å². The van der Waals surface area contributed by atoms with Crippen LogP contribution in [0.25, 0.3) is 21.8 Å². The molecule has 9 N–H and O–H groups in total. The molecule has 50 heavy (non-hydrogen) atoms. The molecular weight excluding hydrogens is 638 g/mol. The van der Waals surface area contributed by atoms with Gasteiger partial charge in [0.25, 0.3) is 0 Å². The summed E-state index contributed by atoms with van der Waals surface area (Å²) in [5.41, 5.74) is 10.3. The SMILES string of the molecule is C[C@@H](NC(=O)[C@@H](Cc1c[nH]c2ccccc12)NC(=O)[C@@H](Cc1ccccc1)NC(=O)[C@@H](C)NC(=O)[C@H](N)Cc1c[nH]c2ccccc12)C(=O)O. The van der Waals surface area contributed by atoms with Crippen molar-refractivity contribution in [1.82, 2.24) is 31.2 Å². The normalized spacial score (nSPS) is 14.2. The lowest BCUT2D eigenvalue weighted by Crippen LogP contribution is -2.58. The van der Waals surface area contributed by atoms with Crippen molar-refractivity contribution in [1.29, 1.82) is 0 Å². The predicted octanol–water partition coefficient (Wildman–Crippen LogP) is 2.07. The molecule has 5 aromatic rings. The largest absolute Gasteiger partial charge is 0.480 e. The van der Waals surface area contributed by atoms with Gasteiger partial charge in [-0.2, -0.15) is 0 Å². The van der Waals surface area contributed by atoms with Crippen molar-refractivity contribution >= 4 is 51.4 Å². The summed E-state index contributed by atoms with van der Waals surface area (Å²) in [6, 6.07) is 18.6. The second-order valence-corrected chi connectivity index (χ2v) is 12.3. The van der Waals surface area contributed by atoms with Gasteiger partial charge in [-0.25, -0.2) is 0 Å². The maximum atomic E-state index is 13.9. The van der Waals surface area contributed by atoms with E-state index in [1.54, 1.807) is 36.7 Å². The zero-order valence-corrected chi connectivity index (χ0v) is 27.7. The van der Waals surface area contributed by atoms with Crippen LogP contribution in [0.3, 0.4) is 0 Å². The van der Waals surface area contributed by atoms with E-state index in [2.05, 4.69) is 31.2 Å². The highest BCUT2D eigenvalue weighted by Gasteiger charge is 2.31. The summed E-state index contributed by atoms with van der Waals surface area (Å²) < 4.78 is 0. The molecule has 13 heteroatoms. The van der Waals surface area contributed by atoms with Crippen LogP contribution in [0, 0.1) is 0 Å². The van der Waals surface area contributed by atoms with Crippen LogP contribution in [0.4, 0.5) is 0 Å². The Morgan fingerprint density at radius 1 is 0.600 bits per heavy atom. The number of benzene rings is 3. The number of hydrogen-bond donors (Lipinski definition) is 8. The molecule has 0 bridgehead atoms. The molecule has 5 rings (SSSR count). The summed E-state index contributed by atoms with van der Waals surface area (Å²) >= 11 is 0. The molecule has 5 atom stereocenters. The Morgan fingerprint density at radius 2 is 1.08 bits per heavy atom. The molecule has 0 fully saturated rings. The van der Waals surface area contributed by atoms with Crippen molar-refractivity contribution in [2.75, 3.05) is 0 Å². The van der Waals surface area contributed by atoms with Gasteiger partial charge in [-0.3, -0.25) is 24.0 Å². The lowest BCUT2D eigenvalue weighted by molar-refractivity contribution is -0.141. The molecule has 0 aliphatic rings. The first-order chi connectivity index (χ1) is 24.0. The highest BCUT2D eigenvalue weighted by molar-refractivity contribution is 5.96. The fraction of sp³-hybridized carbons (Fsp3) is 0.270. The summed E-state index contributed by atoms with van der Waals surface area (Å²) in [4.78, 5) is 71.6. The van der Waals surface area contributed by atoms with Crippen molar-refractivity contribution in [2.24, 2.45) is 5.73 Å². The van der Waals surface area contributed by atoms with Gasteiger partial charge in [0, 0.05) is 47.0 Å². The van der Waals surface area contributed by atoms with Crippen molar-refractivity contribution in [2.45, 2.75) is 63.3 Å². The number of carboxylic acid groups (broad SMARTS) is 1. The minimum absolute atomic E-state index is 0.0424. The lowest BCUT2D eigenvalue weighted by Gasteiger charge is -2.25. The summed E-state index contributed by atoms with van der Waals surface area (Å²) in [6.07, 6.45) is 3.89. The highest BCUT2D eigenvalue weighted by Crippen LogP contribution is 2.20. The fourth-order valence-corrected chi connectivity index (χ4v) is 5.75. The van der Waals surface area contributed by atoms with E-state index in [9.17, 15) is 29.1 Å². The van der Waals surface area contributed by atoms with Crippen LogP contribution in [0.5, 0.6) is 0 Å². The van der Waals surface area contributed by atoms with Gasteiger partial charge in [0.15, 0.2) is 0 Å². The summed E-state index contributed by atoms with van der Waals surface area (Å²) in [7, 11) is 0. The molecule has 2 aromatic heterocycles. The minimum Gasteiger partial charge on any atom is -0.480 e. The Bertz CT molecular complexity index is 1990. The summed E-state index contributed by atoms with van der Waals surface area (Å²) in [5, 5.41) is 21.7. The molecule has 0 radical (unpaired) electrons. The third-order valence-corrected chi connectivity index (χ3v) is 8.58. The number of carboxylic acids is 1. The molecule has 260 valence electrons. The average Bonchev–Trinajstić information content (AvgIpc) is 3.71. The van der Waals surface area contributed by atoms with Crippen molar-refractivity contribution in [3.8, 4) is 0 Å². The van der Waals surface area contributed by atoms with Gasteiger partial charge in [0.2, 0.25) is 23.6 Å². The van der Waals surface area contributed by atoms with Crippen LogP contribution in [0.1, 0.15) is 30.5 Å². The summed E-state index contributed by atoms with van der Waals surface area (Å²) in [6.45, 7) is 2.81. The zero-order valence-electron chi connectivity index (χ0n) is 27.7. The van der Waals surface area contributed by atoms with E-state index >= 15 is 0 Å². The van der Waals surface area contributed by atoms with Gasteiger partial charge in [0.05, 0.1) is 6.04 Å². The zero-order chi connectivity index (χ0) is 35.8. The number of hydrogen-bond acceptors (Lipinski definition) is 6. The van der Waals surface area contributed by atoms with E-state index < -0.39 is 59.8 Å². The number of carbonyl (C=O) groups excluding carboxylic acids is 4. The molecule has 13 nitrogen and oxygen atoms in total. The third-order valence-electron chi connectivity index (χ3n) is 8.58. The number of H-pyrrole nitrogens is 2. The Hall–Kier alpha value is -5.95. The minimum atomic E-state index is -1.23. The van der Waals surface area contributed by atoms with Crippen LogP contribution in [-0.2, 0) is 43.2 Å². The smallest absolute Gasteiger partial charge is 0.325 e. The van der Waals surface area contributed by atoms with Gasteiger partial charge in [-0.1, -0.05) is 66.7 Å². The summed E-state index contributed by atoms with van der Waals surface area (Å²) in [5.74, 6) is -3.77. The second-order valence-electron chi connectivity index (χ2n) is 12.3. The standard InChI is InChI=1S/C37H41N7O6/c1-21(41-34(46)28(38)17-24-19-39-29-14-8-6-12-26(24)29)33(45)43-31(16-23-10-4-3-5-11-23)36(48)44-32(35(47)42-22(2)37(49)50)18-25-20-40-30-15-9-7-13-27(25)30/h3-15,19-22,28,31-32,39-40H,16-18,38H2,1-2H3,(H,41,46)(H,42,47)(H,43,45)(H,44,48)(H,49,50)/t21-,22-,28-,31-,32-/m1/s1. The highest BCUT2D eigenvalue weighted by atomic mass is 16.4. The molecule has 0 saturated heterocycles. The number of nitrogens with two attached hydrogens (primary N) is 1. The van der Waals surface area contributed by atoms with Crippen LogP contribution in [0.15, 0.2) is 91.3 Å². The van der Waals surface area contributed by atoms with E-state index in [0.717, 1.165) is 38.5 Å². The second kappa shape index (κ2) is 16.0. The quantitative estimate of drug-likeness (QED) is 0.0825. The molecule has 0 saturated carbocycles. The number of aromatic amines is 2. The monoisotopic (exact) mass is 679 g/mol. The molecule has 0 unspecified atom stereocenters. The molecule has 3 aromatic carbocycles. The third kappa shape index (κ3) is 8.74. The van der Waals surface area contributed by atoms with Crippen LogP contribution < -0.4 is 27.0 Å². The van der Waals surface area contributed by atoms with E-state index in [0.29, 0.717) is 0 Å². The number of carbonyl (C=O) groups is 5. The molecule has 0 aliphatic heterocycles. The van der Waals surface area contributed by atoms with Crippen LogP contribution in [0.2, 0.25) is 0 Å². The average molecular weight is 680 g/mol. The van der Waals surface area contributed by atoms with Crippen molar-refractivity contribution in [3.05, 3.63) is 108 Å². The van der Waals surface area contributed by atoms with Gasteiger partial charge in [-0.05, 0) is 49.1 Å². The topological polar surface area (TPSA) is 211 Å². The lowest BCUT2D eigenvalue weighted by atomic mass is 10.0. The fourth-order valence-electron chi connectivity index (χ4n) is 5.75. The number of para-hydroxylation sites is 2. The maximum Gasteiger partial charge on any atom is 0.325 e. The van der Waals surface area contributed by atoms with E-state index in [1.165, 1.54) is 13.8 Å². The van der Waals surface area contributed by atoms with Crippen molar-refractivity contribution in [3.63, 3.8) is 0 Å². The van der Waals surface area contributed by atoms with Crippen LogP contribution >= 0.6 is 0 Å². The van der Waals surface area contributed by atoms with E-state index in [-0.39, 0.29) is 19.3 Å². The first-order valence-corrected chi connectivity index (χ1v) is 16.3. The van der Waals surface area contributed by atoms with Gasteiger partial charge < -0.3 is 42.1 Å². The molecular formula is C37H41N7O6. The van der Waals surface area contributed by atoms with Crippen LogP contribution in [-0.4, -0.2) is 74.9 Å². The van der Waals surface area contributed by atoms with Gasteiger partial charge in [0.1, 0.15) is 24.2 Å². The number of rotatable bonds is 15. The molecule has 0 aliphatic carbocycles. The molecule has 0 spiro atoms. The van der Waals surface area contributed by atoms with E-state index in [1.807, 2.05) is 54.6 Å². The van der Waals surface area contributed by atoms with Gasteiger partial charge >= 0.3 is 5.97 Å². The molecule has 2 heterocycles. The Balaban J connectivity index is 1.30. The number of aliphatic carboxylic acids is 1. The Kier molecular flexibility index (Phi) is 11.3. The first-order valence-electron chi connectivity index (χ1n) is 16.3. The van der Waals surface area contributed by atoms with E-state index in [4.69, 9.17) is 5.73 Å². The number of nitrogens with one attached hydrogen (secondary N) is 6. The molecule has 4 amide bonds.